The summed E-state index contributed by atoms with van der Waals surface area (Å²) in [5, 5.41) is 14.0. The van der Waals surface area contributed by atoms with Crippen LogP contribution in [0.1, 0.15) is 46.0 Å². The van der Waals surface area contributed by atoms with Gasteiger partial charge in [-0.3, -0.25) is 14.5 Å². The Bertz CT molecular complexity index is 895. The first-order valence-corrected chi connectivity index (χ1v) is 12.4. The molecular weight excluding hydrogens is 426 g/mol. The van der Waals surface area contributed by atoms with Gasteiger partial charge in [0.15, 0.2) is 0 Å². The number of benzene rings is 1. The van der Waals surface area contributed by atoms with E-state index in [1.165, 1.54) is 0 Å². The van der Waals surface area contributed by atoms with E-state index in [1.54, 1.807) is 0 Å². The summed E-state index contributed by atoms with van der Waals surface area (Å²) in [6, 6.07) is 8.03. The van der Waals surface area contributed by atoms with Crippen molar-refractivity contribution in [3.05, 3.63) is 29.3 Å². The first-order chi connectivity index (χ1) is 15.2. The molecule has 0 radical (unpaired) electrons. The summed E-state index contributed by atoms with van der Waals surface area (Å²) in [4.78, 5) is 30.0. The average Bonchev–Trinajstić information content (AvgIpc) is 2.76. The van der Waals surface area contributed by atoms with Crippen molar-refractivity contribution in [2.75, 3.05) is 31.1 Å². The largest absolute Gasteiger partial charge is 0.481 e. The summed E-state index contributed by atoms with van der Waals surface area (Å²) >= 11 is 6.38. The monoisotopic (exact) mass is 459 g/mol. The van der Waals surface area contributed by atoms with Gasteiger partial charge in [0, 0.05) is 32.2 Å². The topological polar surface area (TPSA) is 72.9 Å². The van der Waals surface area contributed by atoms with Crippen molar-refractivity contribution in [2.24, 2.45) is 23.2 Å². The van der Waals surface area contributed by atoms with Crippen LogP contribution >= 0.6 is 11.6 Å². The van der Waals surface area contributed by atoms with Crippen LogP contribution in [0.5, 0.6) is 0 Å². The maximum atomic E-state index is 13.5. The molecule has 4 bridgehead atoms. The Kier molecular flexibility index (Phi) is 5.44. The molecule has 4 saturated carbocycles. The molecule has 5 fully saturated rings. The van der Waals surface area contributed by atoms with Crippen LogP contribution < -0.4 is 10.2 Å². The lowest BCUT2D eigenvalue weighted by Gasteiger charge is -2.58. The van der Waals surface area contributed by atoms with E-state index in [9.17, 15) is 14.7 Å². The van der Waals surface area contributed by atoms with Crippen molar-refractivity contribution < 1.29 is 14.7 Å². The number of hydrogen-bond acceptors (Lipinski definition) is 4. The Morgan fingerprint density at radius 2 is 1.69 bits per heavy atom. The van der Waals surface area contributed by atoms with Crippen molar-refractivity contribution in [3.8, 4) is 0 Å². The van der Waals surface area contributed by atoms with Gasteiger partial charge in [-0.2, -0.15) is 0 Å². The number of carbonyl (C=O) groups excluding carboxylic acids is 1. The zero-order valence-electron chi connectivity index (χ0n) is 19.0. The van der Waals surface area contributed by atoms with Gasteiger partial charge >= 0.3 is 5.97 Å². The summed E-state index contributed by atoms with van der Waals surface area (Å²) in [6.07, 6.45) is 4.40. The number of para-hydroxylation sites is 1. The molecule has 1 aliphatic heterocycles. The minimum Gasteiger partial charge on any atom is -0.481 e. The Morgan fingerprint density at radius 3 is 2.28 bits per heavy atom. The lowest BCUT2D eigenvalue weighted by Crippen LogP contribution is -2.66. The van der Waals surface area contributed by atoms with Crippen LogP contribution in [-0.2, 0) is 9.59 Å². The Balaban J connectivity index is 1.23. The number of carbonyl (C=O) groups is 2. The maximum absolute atomic E-state index is 13.5. The lowest BCUT2D eigenvalue weighted by molar-refractivity contribution is -0.168. The molecular formula is C25H34ClN3O3. The van der Waals surface area contributed by atoms with E-state index in [0.29, 0.717) is 17.8 Å². The van der Waals surface area contributed by atoms with Gasteiger partial charge in [-0.25, -0.2) is 0 Å². The van der Waals surface area contributed by atoms with Crippen LogP contribution in [0, 0.1) is 23.2 Å². The highest BCUT2D eigenvalue weighted by Crippen LogP contribution is 2.60. The fraction of sp³-hybridized carbons (Fsp3) is 0.680. The SMILES string of the molecule is CC(C)(C(=O)NC1C2CC3CC1CC(C(=O)O)(C3)C2)N1CCN(c2ccccc2Cl)CC1. The highest BCUT2D eigenvalue weighted by molar-refractivity contribution is 6.33. The molecule has 1 aromatic rings. The second-order valence-corrected chi connectivity index (χ2v) is 11.4. The average molecular weight is 460 g/mol. The molecule has 1 aromatic carbocycles. The number of aliphatic carboxylic acids is 1. The first kappa shape index (κ1) is 22.0. The normalized spacial score (nSPS) is 34.5. The summed E-state index contributed by atoms with van der Waals surface area (Å²) in [6.45, 7) is 7.29. The zero-order chi connectivity index (χ0) is 22.7. The van der Waals surface area contributed by atoms with E-state index < -0.39 is 16.9 Å². The Labute approximate surface area is 195 Å². The van der Waals surface area contributed by atoms with Gasteiger partial charge in [-0.05, 0) is 75.8 Å². The quantitative estimate of drug-likeness (QED) is 0.703. The van der Waals surface area contributed by atoms with Gasteiger partial charge in [0.25, 0.3) is 0 Å². The number of amides is 1. The van der Waals surface area contributed by atoms with Crippen LogP contribution in [-0.4, -0.2) is 59.6 Å². The van der Waals surface area contributed by atoms with Gasteiger partial charge in [-0.15, -0.1) is 0 Å². The number of rotatable bonds is 5. The third kappa shape index (κ3) is 3.60. The van der Waals surface area contributed by atoms with Crippen molar-refractivity contribution in [1.29, 1.82) is 0 Å². The second kappa shape index (κ2) is 7.91. The number of carboxylic acid groups (broad SMARTS) is 1. The van der Waals surface area contributed by atoms with E-state index in [2.05, 4.69) is 15.1 Å². The van der Waals surface area contributed by atoms with Crippen molar-refractivity contribution >= 4 is 29.2 Å². The molecule has 1 amide bonds. The van der Waals surface area contributed by atoms with E-state index in [4.69, 9.17) is 11.6 Å². The molecule has 1 heterocycles. The van der Waals surface area contributed by atoms with Gasteiger partial charge in [0.2, 0.25) is 5.91 Å². The molecule has 1 saturated heterocycles. The number of anilines is 1. The highest BCUT2D eigenvalue weighted by Gasteiger charge is 2.59. The van der Waals surface area contributed by atoms with E-state index in [-0.39, 0.29) is 11.9 Å². The molecule has 32 heavy (non-hydrogen) atoms. The van der Waals surface area contributed by atoms with Gasteiger partial charge in [-0.1, -0.05) is 23.7 Å². The van der Waals surface area contributed by atoms with Crippen molar-refractivity contribution in [2.45, 2.75) is 57.5 Å². The van der Waals surface area contributed by atoms with Crippen LogP contribution in [0.3, 0.4) is 0 Å². The maximum Gasteiger partial charge on any atom is 0.309 e. The number of nitrogens with one attached hydrogen (secondary N) is 1. The number of piperazine rings is 1. The fourth-order valence-corrected chi connectivity index (χ4v) is 7.46. The predicted octanol–water partition coefficient (Wildman–Crippen LogP) is 3.64. The predicted molar refractivity (Wildman–Crippen MR) is 125 cm³/mol. The molecule has 6 rings (SSSR count). The molecule has 6 nitrogen and oxygen atoms in total. The minimum absolute atomic E-state index is 0.0746. The van der Waals surface area contributed by atoms with E-state index in [1.807, 2.05) is 38.1 Å². The molecule has 174 valence electrons. The second-order valence-electron chi connectivity index (χ2n) is 11.0. The number of carboxylic acids is 1. The smallest absolute Gasteiger partial charge is 0.309 e. The summed E-state index contributed by atoms with van der Waals surface area (Å²) in [7, 11) is 0. The van der Waals surface area contributed by atoms with Gasteiger partial charge < -0.3 is 15.3 Å². The van der Waals surface area contributed by atoms with E-state index >= 15 is 0 Å². The van der Waals surface area contributed by atoms with E-state index in [0.717, 1.165) is 69.0 Å². The molecule has 0 aromatic heterocycles. The Hall–Kier alpha value is -1.79. The number of hydrogen-bond donors (Lipinski definition) is 2. The van der Waals surface area contributed by atoms with Gasteiger partial charge in [0.1, 0.15) is 0 Å². The first-order valence-electron chi connectivity index (χ1n) is 12.0. The third-order valence-electron chi connectivity index (χ3n) is 8.84. The minimum atomic E-state index is -0.626. The molecule has 2 unspecified atom stereocenters. The molecule has 4 aliphatic carbocycles. The van der Waals surface area contributed by atoms with Gasteiger partial charge in [0.05, 0.1) is 21.7 Å². The molecule has 2 N–H and O–H groups in total. The third-order valence-corrected chi connectivity index (χ3v) is 9.16. The lowest BCUT2D eigenvalue weighted by atomic mass is 9.48. The van der Waals surface area contributed by atoms with Crippen molar-refractivity contribution in [1.82, 2.24) is 10.2 Å². The summed E-state index contributed by atoms with van der Waals surface area (Å²) in [5.41, 5.74) is -0.0920. The summed E-state index contributed by atoms with van der Waals surface area (Å²) < 4.78 is 0. The Morgan fingerprint density at radius 1 is 1.06 bits per heavy atom. The molecule has 2 atom stereocenters. The molecule has 7 heteroatoms. The van der Waals surface area contributed by atoms with Crippen LogP contribution in [0.25, 0.3) is 0 Å². The standard InChI is InChI=1S/C25H34ClN3O3/c1-24(2,29-9-7-28(8-10-29)20-6-4-3-5-19(20)26)22(30)27-21-17-11-16-12-18(21)15-25(13-16,14-17)23(31)32/h3-6,16-18,21H,7-15H2,1-2H3,(H,27,30)(H,31,32). The molecule has 5 aliphatic rings. The van der Waals surface area contributed by atoms with Crippen LogP contribution in [0.4, 0.5) is 5.69 Å². The zero-order valence-corrected chi connectivity index (χ0v) is 19.8. The van der Waals surface area contributed by atoms with Crippen LogP contribution in [0.2, 0.25) is 5.02 Å². The number of nitrogens with zero attached hydrogens (tertiary/aromatic N) is 2. The summed E-state index contributed by atoms with van der Waals surface area (Å²) in [5.74, 6) is 0.565. The van der Waals surface area contributed by atoms with Crippen LogP contribution in [0.15, 0.2) is 24.3 Å². The van der Waals surface area contributed by atoms with Crippen molar-refractivity contribution in [3.63, 3.8) is 0 Å². The highest BCUT2D eigenvalue weighted by atomic mass is 35.5. The number of halogens is 1. The molecule has 0 spiro atoms. The fourth-order valence-electron chi connectivity index (χ4n) is 7.21.